The summed E-state index contributed by atoms with van der Waals surface area (Å²) >= 11 is 7.46. The second kappa shape index (κ2) is 5.89. The average Bonchev–Trinajstić information content (AvgIpc) is 2.38. The van der Waals surface area contributed by atoms with E-state index in [1.807, 2.05) is 6.26 Å². The molecule has 1 fully saturated rings. The molecule has 0 spiro atoms. The summed E-state index contributed by atoms with van der Waals surface area (Å²) in [4.78, 5) is 10.8. The minimum Gasteiger partial charge on any atom is -0.396 e. The van der Waals surface area contributed by atoms with Gasteiger partial charge in [0, 0.05) is 25.8 Å². The van der Waals surface area contributed by atoms with E-state index in [0.717, 1.165) is 31.7 Å². The minimum absolute atomic E-state index is 0.241. The van der Waals surface area contributed by atoms with Crippen LogP contribution in [0.2, 0.25) is 5.15 Å². The van der Waals surface area contributed by atoms with Gasteiger partial charge >= 0.3 is 0 Å². The Morgan fingerprint density at radius 1 is 1.59 bits per heavy atom. The molecule has 0 aromatic carbocycles. The number of nitrogens with zero attached hydrogens (tertiary/aromatic N) is 3. The maximum Gasteiger partial charge on any atom is 0.190 e. The third-order valence-corrected chi connectivity index (χ3v) is 3.69. The average molecular weight is 274 g/mol. The van der Waals surface area contributed by atoms with Crippen molar-refractivity contribution in [3.05, 3.63) is 11.2 Å². The van der Waals surface area contributed by atoms with Crippen molar-refractivity contribution in [3.63, 3.8) is 0 Å². The van der Waals surface area contributed by atoms with Crippen LogP contribution in [0.4, 0.5) is 5.82 Å². The summed E-state index contributed by atoms with van der Waals surface area (Å²) in [5.41, 5.74) is 0. The Morgan fingerprint density at radius 2 is 2.41 bits per heavy atom. The Labute approximate surface area is 110 Å². The fourth-order valence-electron chi connectivity index (χ4n) is 2.06. The summed E-state index contributed by atoms with van der Waals surface area (Å²) in [7, 11) is 0. The lowest BCUT2D eigenvalue weighted by atomic mass is 9.99. The van der Waals surface area contributed by atoms with Gasteiger partial charge in [0.1, 0.15) is 11.0 Å². The van der Waals surface area contributed by atoms with Gasteiger partial charge in [0.25, 0.3) is 0 Å². The predicted molar refractivity (Wildman–Crippen MR) is 70.8 cm³/mol. The summed E-state index contributed by atoms with van der Waals surface area (Å²) in [6, 6.07) is 1.79. The Kier molecular flexibility index (Phi) is 4.48. The highest BCUT2D eigenvalue weighted by atomic mass is 35.5. The standard InChI is InChI=1S/C11H16ClN3OS/c1-17-11-13-9(12)5-10(14-11)15-4-2-3-8(6-15)7-16/h5,8,16H,2-4,6-7H2,1H3/t8-/m1/s1. The van der Waals surface area contributed by atoms with E-state index in [9.17, 15) is 5.11 Å². The van der Waals surface area contributed by atoms with Gasteiger partial charge in [-0.15, -0.1) is 0 Å². The normalized spacial score (nSPS) is 20.6. The Morgan fingerprint density at radius 3 is 3.12 bits per heavy atom. The Hall–Kier alpha value is -0.520. The van der Waals surface area contributed by atoms with Crippen molar-refractivity contribution in [3.8, 4) is 0 Å². The van der Waals surface area contributed by atoms with Gasteiger partial charge in [-0.2, -0.15) is 0 Å². The van der Waals surface area contributed by atoms with Gasteiger partial charge in [-0.3, -0.25) is 0 Å². The largest absolute Gasteiger partial charge is 0.396 e. The molecule has 0 saturated carbocycles. The second-order valence-electron chi connectivity index (χ2n) is 4.17. The van der Waals surface area contributed by atoms with Crippen LogP contribution >= 0.6 is 23.4 Å². The molecule has 0 bridgehead atoms. The van der Waals surface area contributed by atoms with Crippen LogP contribution in [-0.4, -0.2) is 41.0 Å². The van der Waals surface area contributed by atoms with Crippen molar-refractivity contribution in [2.75, 3.05) is 30.9 Å². The van der Waals surface area contributed by atoms with Crippen LogP contribution in [0.3, 0.4) is 0 Å². The lowest BCUT2D eigenvalue weighted by molar-refractivity contribution is 0.208. The summed E-state index contributed by atoms with van der Waals surface area (Å²) in [5, 5.41) is 10.4. The second-order valence-corrected chi connectivity index (χ2v) is 5.33. The van der Waals surface area contributed by atoms with Crippen molar-refractivity contribution in [2.24, 2.45) is 5.92 Å². The number of hydrogen-bond donors (Lipinski definition) is 1. The van der Waals surface area contributed by atoms with Gasteiger partial charge in [-0.25, -0.2) is 9.97 Å². The number of piperidine rings is 1. The Bertz CT molecular complexity index is 391. The van der Waals surface area contributed by atoms with Crippen LogP contribution in [0, 0.1) is 5.92 Å². The highest BCUT2D eigenvalue weighted by molar-refractivity contribution is 7.98. The zero-order chi connectivity index (χ0) is 12.3. The molecule has 2 heterocycles. The van der Waals surface area contributed by atoms with E-state index in [1.165, 1.54) is 11.8 Å². The smallest absolute Gasteiger partial charge is 0.190 e. The van der Waals surface area contributed by atoms with Gasteiger partial charge in [0.2, 0.25) is 0 Å². The van der Waals surface area contributed by atoms with Crippen LogP contribution in [0.25, 0.3) is 0 Å². The number of thioether (sulfide) groups is 1. The van der Waals surface area contributed by atoms with E-state index >= 15 is 0 Å². The fraction of sp³-hybridized carbons (Fsp3) is 0.636. The first kappa shape index (κ1) is 12.9. The molecule has 1 atom stereocenters. The van der Waals surface area contributed by atoms with Gasteiger partial charge < -0.3 is 10.0 Å². The topological polar surface area (TPSA) is 49.2 Å². The van der Waals surface area contributed by atoms with E-state index in [2.05, 4.69) is 14.9 Å². The minimum atomic E-state index is 0.241. The molecule has 17 heavy (non-hydrogen) atoms. The summed E-state index contributed by atoms with van der Waals surface area (Å²) < 4.78 is 0. The molecule has 1 aliphatic rings. The fourth-order valence-corrected chi connectivity index (χ4v) is 2.66. The lowest BCUT2D eigenvalue weighted by Crippen LogP contribution is -2.37. The first-order valence-corrected chi connectivity index (χ1v) is 7.27. The number of aliphatic hydroxyl groups excluding tert-OH is 1. The van der Waals surface area contributed by atoms with Gasteiger partial charge in [0.15, 0.2) is 5.16 Å². The molecule has 0 radical (unpaired) electrons. The summed E-state index contributed by atoms with van der Waals surface area (Å²) in [6.07, 6.45) is 4.10. The monoisotopic (exact) mass is 273 g/mol. The van der Waals surface area contributed by atoms with E-state index < -0.39 is 0 Å². The molecule has 0 aliphatic carbocycles. The lowest BCUT2D eigenvalue weighted by Gasteiger charge is -2.32. The van der Waals surface area contributed by atoms with Crippen molar-refractivity contribution in [1.29, 1.82) is 0 Å². The highest BCUT2D eigenvalue weighted by Gasteiger charge is 2.21. The number of hydrogen-bond acceptors (Lipinski definition) is 5. The molecule has 94 valence electrons. The van der Waals surface area contributed by atoms with Crippen molar-refractivity contribution in [1.82, 2.24) is 9.97 Å². The van der Waals surface area contributed by atoms with E-state index in [4.69, 9.17) is 11.6 Å². The Balaban J connectivity index is 2.18. The zero-order valence-corrected chi connectivity index (χ0v) is 11.3. The number of halogens is 1. The van der Waals surface area contributed by atoms with Crippen LogP contribution in [0.5, 0.6) is 0 Å². The quantitative estimate of drug-likeness (QED) is 0.519. The molecule has 1 aliphatic heterocycles. The van der Waals surface area contributed by atoms with E-state index in [1.54, 1.807) is 6.07 Å². The van der Waals surface area contributed by atoms with Crippen LogP contribution in [-0.2, 0) is 0 Å². The first-order valence-electron chi connectivity index (χ1n) is 5.67. The first-order chi connectivity index (χ1) is 8.22. The molecule has 2 rings (SSSR count). The summed E-state index contributed by atoms with van der Waals surface area (Å²) in [5.74, 6) is 1.21. The third kappa shape index (κ3) is 3.24. The molecule has 1 saturated heterocycles. The van der Waals surface area contributed by atoms with E-state index in [0.29, 0.717) is 16.2 Å². The third-order valence-electron chi connectivity index (χ3n) is 2.94. The van der Waals surface area contributed by atoms with Gasteiger partial charge in [0.05, 0.1) is 0 Å². The maximum atomic E-state index is 9.22. The number of aliphatic hydroxyl groups is 1. The zero-order valence-electron chi connectivity index (χ0n) is 9.77. The van der Waals surface area contributed by atoms with Crippen LogP contribution in [0.1, 0.15) is 12.8 Å². The van der Waals surface area contributed by atoms with Crippen molar-refractivity contribution < 1.29 is 5.11 Å². The molecule has 0 amide bonds. The molecular formula is C11H16ClN3OS. The van der Waals surface area contributed by atoms with Gasteiger partial charge in [-0.1, -0.05) is 23.4 Å². The molecule has 1 N–H and O–H groups in total. The number of rotatable bonds is 3. The van der Waals surface area contributed by atoms with Crippen molar-refractivity contribution in [2.45, 2.75) is 18.0 Å². The molecular weight excluding hydrogens is 258 g/mol. The number of aromatic nitrogens is 2. The SMILES string of the molecule is CSc1nc(Cl)cc(N2CCC[C@@H](CO)C2)n1. The summed E-state index contributed by atoms with van der Waals surface area (Å²) in [6.45, 7) is 2.06. The highest BCUT2D eigenvalue weighted by Crippen LogP contribution is 2.25. The van der Waals surface area contributed by atoms with Crippen LogP contribution in [0.15, 0.2) is 11.2 Å². The molecule has 1 aromatic rings. The van der Waals surface area contributed by atoms with Crippen molar-refractivity contribution >= 4 is 29.2 Å². The van der Waals surface area contributed by atoms with E-state index in [-0.39, 0.29) is 6.61 Å². The predicted octanol–water partition coefficient (Wildman–Crippen LogP) is 2.06. The van der Waals surface area contributed by atoms with Crippen LogP contribution < -0.4 is 4.90 Å². The molecule has 4 nitrogen and oxygen atoms in total. The molecule has 0 unspecified atom stereocenters. The maximum absolute atomic E-state index is 9.22. The van der Waals surface area contributed by atoms with Gasteiger partial charge in [-0.05, 0) is 25.0 Å². The molecule has 6 heteroatoms. The number of anilines is 1. The molecule has 1 aromatic heterocycles.